The lowest BCUT2D eigenvalue weighted by Crippen LogP contribution is -1.85. The van der Waals surface area contributed by atoms with Gasteiger partial charge in [0, 0.05) is 46.4 Å². The quantitative estimate of drug-likeness (QED) is 0.338. The van der Waals surface area contributed by atoms with Gasteiger partial charge in [-0.1, -0.05) is 0 Å². The first-order valence-corrected chi connectivity index (χ1v) is 8.50. The molecule has 27 heavy (non-hydrogen) atoms. The maximum atomic E-state index is 10.6. The molecule has 0 radical (unpaired) electrons. The molecule has 0 aliphatic carbocycles. The van der Waals surface area contributed by atoms with Gasteiger partial charge in [0.2, 0.25) is 0 Å². The number of nitro benzene ring substituents is 2. The highest BCUT2D eigenvalue weighted by Crippen LogP contribution is 2.21. The summed E-state index contributed by atoms with van der Waals surface area (Å²) in [4.78, 5) is 30.7. The second-order valence-electron chi connectivity index (χ2n) is 5.30. The zero-order valence-corrected chi connectivity index (χ0v) is 14.6. The van der Waals surface area contributed by atoms with E-state index in [1.807, 2.05) is 12.1 Å². The van der Waals surface area contributed by atoms with Gasteiger partial charge >= 0.3 is 0 Å². The number of thiophene rings is 1. The van der Waals surface area contributed by atoms with E-state index in [1.165, 1.54) is 35.6 Å². The molecule has 134 valence electrons. The molecule has 0 saturated heterocycles. The van der Waals surface area contributed by atoms with Gasteiger partial charge in [0.1, 0.15) is 0 Å². The van der Waals surface area contributed by atoms with Crippen LogP contribution in [0.5, 0.6) is 0 Å². The average molecular weight is 380 g/mol. The SMILES string of the molecule is O=[N+]([O-])c1ccc(N=Cc2ccc(C=Nc3ccc([N+](=O)[O-])cc3)s2)cc1. The maximum Gasteiger partial charge on any atom is 0.269 e. The van der Waals surface area contributed by atoms with Crippen molar-refractivity contribution in [3.8, 4) is 0 Å². The number of rotatable bonds is 6. The Balaban J connectivity index is 1.65. The molecule has 0 aliphatic rings. The zero-order valence-electron chi connectivity index (χ0n) is 13.8. The van der Waals surface area contributed by atoms with Crippen molar-refractivity contribution < 1.29 is 9.85 Å². The van der Waals surface area contributed by atoms with Crippen LogP contribution in [-0.2, 0) is 0 Å². The van der Waals surface area contributed by atoms with Crippen LogP contribution in [0.15, 0.2) is 70.6 Å². The number of hydrogen-bond acceptors (Lipinski definition) is 7. The molecule has 0 fully saturated rings. The summed E-state index contributed by atoms with van der Waals surface area (Å²) in [6.07, 6.45) is 3.35. The van der Waals surface area contributed by atoms with E-state index in [-0.39, 0.29) is 11.4 Å². The van der Waals surface area contributed by atoms with E-state index in [0.717, 1.165) is 9.75 Å². The van der Waals surface area contributed by atoms with Crippen LogP contribution >= 0.6 is 11.3 Å². The van der Waals surface area contributed by atoms with Crippen molar-refractivity contribution in [3.05, 3.63) is 90.6 Å². The summed E-state index contributed by atoms with van der Waals surface area (Å²) in [5.41, 5.74) is 1.29. The lowest BCUT2D eigenvalue weighted by atomic mass is 10.3. The number of benzene rings is 2. The molecule has 2 aromatic carbocycles. The topological polar surface area (TPSA) is 111 Å². The Labute approximate surface area is 157 Å². The number of aliphatic imine (C=N–C) groups is 2. The van der Waals surface area contributed by atoms with Crippen molar-refractivity contribution >= 4 is 46.5 Å². The minimum absolute atomic E-state index is 0.0230. The predicted molar refractivity (Wildman–Crippen MR) is 105 cm³/mol. The molecule has 0 amide bonds. The van der Waals surface area contributed by atoms with Gasteiger partial charge in [-0.05, 0) is 36.4 Å². The van der Waals surface area contributed by atoms with Gasteiger partial charge < -0.3 is 0 Å². The normalized spacial score (nSPS) is 11.3. The zero-order chi connectivity index (χ0) is 19.2. The fraction of sp³-hybridized carbons (Fsp3) is 0. The molecule has 0 aliphatic heterocycles. The van der Waals surface area contributed by atoms with E-state index in [1.54, 1.807) is 36.7 Å². The minimum Gasteiger partial charge on any atom is -0.258 e. The summed E-state index contributed by atoms with van der Waals surface area (Å²) in [5, 5.41) is 21.3. The number of non-ortho nitro benzene ring substituents is 2. The summed E-state index contributed by atoms with van der Waals surface area (Å²) < 4.78 is 0. The van der Waals surface area contributed by atoms with E-state index in [4.69, 9.17) is 0 Å². The average Bonchev–Trinajstić information content (AvgIpc) is 3.13. The van der Waals surface area contributed by atoms with E-state index in [9.17, 15) is 20.2 Å². The van der Waals surface area contributed by atoms with Gasteiger partial charge in [0.15, 0.2) is 0 Å². The Morgan fingerprint density at radius 1 is 0.667 bits per heavy atom. The molecule has 1 heterocycles. The monoisotopic (exact) mass is 380 g/mol. The summed E-state index contributed by atoms with van der Waals surface area (Å²) >= 11 is 1.47. The van der Waals surface area contributed by atoms with E-state index >= 15 is 0 Å². The molecule has 0 unspecified atom stereocenters. The first-order valence-electron chi connectivity index (χ1n) is 7.68. The Morgan fingerprint density at radius 3 is 1.37 bits per heavy atom. The second kappa shape index (κ2) is 8.11. The highest BCUT2D eigenvalue weighted by atomic mass is 32.1. The fourth-order valence-electron chi connectivity index (χ4n) is 2.10. The van der Waals surface area contributed by atoms with Crippen molar-refractivity contribution in [1.82, 2.24) is 0 Å². The molecule has 0 atom stereocenters. The van der Waals surface area contributed by atoms with Crippen molar-refractivity contribution in [2.45, 2.75) is 0 Å². The molecule has 3 aromatic rings. The van der Waals surface area contributed by atoms with Gasteiger partial charge in [0.25, 0.3) is 11.4 Å². The van der Waals surface area contributed by atoms with Crippen LogP contribution in [0.3, 0.4) is 0 Å². The molecular formula is C18H12N4O4S. The molecule has 1 aromatic heterocycles. The van der Waals surface area contributed by atoms with E-state index in [0.29, 0.717) is 11.4 Å². The number of hydrogen-bond donors (Lipinski definition) is 0. The standard InChI is InChI=1S/C18H12N4O4S/c23-21(24)15-5-1-13(2-6-15)19-11-17-9-10-18(27-17)12-20-14-3-7-16(8-4-14)22(25)26/h1-12H. The van der Waals surface area contributed by atoms with Crippen LogP contribution in [0.25, 0.3) is 0 Å². The van der Waals surface area contributed by atoms with Crippen LogP contribution in [0.4, 0.5) is 22.7 Å². The van der Waals surface area contributed by atoms with Crippen molar-refractivity contribution in [3.63, 3.8) is 0 Å². The Kier molecular flexibility index (Phi) is 5.43. The summed E-state index contributed by atoms with van der Waals surface area (Å²) in [6.45, 7) is 0. The first kappa shape index (κ1) is 18.1. The Hall–Kier alpha value is -3.72. The predicted octanol–water partition coefficient (Wildman–Crippen LogP) is 5.07. The molecule has 9 heteroatoms. The smallest absolute Gasteiger partial charge is 0.258 e. The highest BCUT2D eigenvalue weighted by Gasteiger charge is 2.04. The van der Waals surface area contributed by atoms with E-state index in [2.05, 4.69) is 9.98 Å². The third-order valence-electron chi connectivity index (χ3n) is 3.45. The van der Waals surface area contributed by atoms with Crippen LogP contribution in [0, 0.1) is 20.2 Å². The number of nitro groups is 2. The first-order chi connectivity index (χ1) is 13.0. The summed E-state index contributed by atoms with van der Waals surface area (Å²) in [5.74, 6) is 0. The fourth-order valence-corrected chi connectivity index (χ4v) is 2.86. The molecule has 0 bridgehead atoms. The minimum atomic E-state index is -0.455. The van der Waals surface area contributed by atoms with Crippen molar-refractivity contribution in [2.24, 2.45) is 9.98 Å². The van der Waals surface area contributed by atoms with Gasteiger partial charge in [-0.3, -0.25) is 30.2 Å². The van der Waals surface area contributed by atoms with Crippen LogP contribution in [-0.4, -0.2) is 22.3 Å². The Morgan fingerprint density at radius 2 is 1.04 bits per heavy atom. The molecule has 0 N–H and O–H groups in total. The van der Waals surface area contributed by atoms with Gasteiger partial charge in [-0.2, -0.15) is 0 Å². The van der Waals surface area contributed by atoms with Crippen LogP contribution < -0.4 is 0 Å². The molecule has 0 spiro atoms. The van der Waals surface area contributed by atoms with Crippen molar-refractivity contribution in [1.29, 1.82) is 0 Å². The third kappa shape index (κ3) is 4.89. The van der Waals surface area contributed by atoms with E-state index < -0.39 is 9.85 Å². The van der Waals surface area contributed by atoms with Gasteiger partial charge in [0.05, 0.1) is 21.2 Å². The third-order valence-corrected chi connectivity index (χ3v) is 4.40. The van der Waals surface area contributed by atoms with Crippen LogP contribution in [0.2, 0.25) is 0 Å². The van der Waals surface area contributed by atoms with Gasteiger partial charge in [-0.25, -0.2) is 0 Å². The largest absolute Gasteiger partial charge is 0.269 e. The van der Waals surface area contributed by atoms with Crippen molar-refractivity contribution in [2.75, 3.05) is 0 Å². The van der Waals surface area contributed by atoms with Crippen LogP contribution in [0.1, 0.15) is 9.75 Å². The maximum absolute atomic E-state index is 10.6. The Bertz CT molecular complexity index is 942. The summed E-state index contributed by atoms with van der Waals surface area (Å²) in [7, 11) is 0. The number of nitrogens with zero attached hydrogens (tertiary/aromatic N) is 4. The second-order valence-corrected chi connectivity index (χ2v) is 6.45. The summed E-state index contributed by atoms with van der Waals surface area (Å²) in [6, 6.07) is 15.7. The lowest BCUT2D eigenvalue weighted by Gasteiger charge is -1.93. The molecule has 8 nitrogen and oxygen atoms in total. The molecule has 3 rings (SSSR count). The molecular weight excluding hydrogens is 368 g/mol. The highest BCUT2D eigenvalue weighted by molar-refractivity contribution is 7.15. The van der Waals surface area contributed by atoms with Gasteiger partial charge in [-0.15, -0.1) is 11.3 Å². The molecule has 0 saturated carbocycles. The lowest BCUT2D eigenvalue weighted by molar-refractivity contribution is -0.385.